The number of cyclic esters (lactones) is 1. The van der Waals surface area contributed by atoms with Gasteiger partial charge in [0.2, 0.25) is 5.60 Å². The molecule has 0 aliphatic carbocycles. The predicted octanol–water partition coefficient (Wildman–Crippen LogP) is 4.71. The van der Waals surface area contributed by atoms with Gasteiger partial charge in [0.05, 0.1) is 41.0 Å². The number of amidine groups is 1. The molecule has 2 aromatic heterocycles. The van der Waals surface area contributed by atoms with Crippen molar-refractivity contribution in [2.75, 3.05) is 13.7 Å². The number of pyridine rings is 2. The fourth-order valence-corrected chi connectivity index (χ4v) is 7.55. The molecule has 1 N–H and O–H groups in total. The molecule has 0 unspecified atom stereocenters. The van der Waals surface area contributed by atoms with Gasteiger partial charge in [-0.1, -0.05) is 36.8 Å². The minimum atomic E-state index is -4.09. The van der Waals surface area contributed by atoms with E-state index in [-0.39, 0.29) is 47.9 Å². The number of nitrogens with zero attached hydrogens (tertiary/aromatic N) is 3. The third-order valence-corrected chi connectivity index (χ3v) is 10.6. The Labute approximate surface area is 297 Å². The number of fused-ring (bicyclic) bond motifs is 5. The van der Waals surface area contributed by atoms with Crippen LogP contribution in [0.3, 0.4) is 0 Å². The van der Waals surface area contributed by atoms with E-state index in [1.165, 1.54) is 35.9 Å². The van der Waals surface area contributed by atoms with Gasteiger partial charge in [-0.15, -0.1) is 0 Å². The van der Waals surface area contributed by atoms with Gasteiger partial charge in [0.1, 0.15) is 30.6 Å². The molecule has 4 heterocycles. The van der Waals surface area contributed by atoms with Crippen molar-refractivity contribution in [3.8, 4) is 17.1 Å². The topological polar surface area (TPSA) is 155 Å². The van der Waals surface area contributed by atoms with Crippen LogP contribution in [0.15, 0.2) is 93.5 Å². The molecule has 7 rings (SSSR count). The number of halogens is 1. The van der Waals surface area contributed by atoms with E-state index in [4.69, 9.17) is 19.2 Å². The molecule has 2 aliphatic rings. The SMILES string of the molecule is CC[C@@]1(OC(=O)CN=C(Cc2ccc(OC)cc2)NS(=O)(=O)c2ccc(C)cc2)C(=O)OCc2c1cc1n(c2=O)Cc2cc3cc(F)ccc3nc2-1. The first-order valence-corrected chi connectivity index (χ1v) is 17.9. The summed E-state index contributed by atoms with van der Waals surface area (Å²) in [4.78, 5) is 50.0. The fourth-order valence-electron chi connectivity index (χ4n) is 6.49. The van der Waals surface area contributed by atoms with Crippen molar-refractivity contribution in [2.24, 2.45) is 4.99 Å². The van der Waals surface area contributed by atoms with Crippen molar-refractivity contribution < 1.29 is 36.6 Å². The number of hydrogen-bond acceptors (Lipinski definition) is 10. The van der Waals surface area contributed by atoms with E-state index in [1.807, 2.05) is 6.92 Å². The van der Waals surface area contributed by atoms with Crippen LogP contribution in [0.25, 0.3) is 22.3 Å². The number of esters is 2. The van der Waals surface area contributed by atoms with Crippen molar-refractivity contribution in [2.45, 2.75) is 50.3 Å². The first-order valence-electron chi connectivity index (χ1n) is 16.4. The highest BCUT2D eigenvalue weighted by molar-refractivity contribution is 7.90. The molecule has 0 amide bonds. The number of ether oxygens (including phenoxy) is 3. The van der Waals surface area contributed by atoms with Crippen molar-refractivity contribution in [3.05, 3.63) is 123 Å². The van der Waals surface area contributed by atoms with Crippen LogP contribution >= 0.6 is 0 Å². The number of aromatic nitrogens is 2. The Morgan fingerprint density at radius 1 is 1.06 bits per heavy atom. The lowest BCUT2D eigenvalue weighted by Gasteiger charge is -2.35. The maximum absolute atomic E-state index is 14.0. The summed E-state index contributed by atoms with van der Waals surface area (Å²) >= 11 is 0. The Bertz CT molecular complexity index is 2460. The lowest BCUT2D eigenvalue weighted by Crippen LogP contribution is -2.48. The number of nitrogens with one attached hydrogen (secondary N) is 1. The van der Waals surface area contributed by atoms with Gasteiger partial charge in [-0.05, 0) is 73.5 Å². The Morgan fingerprint density at radius 3 is 2.52 bits per heavy atom. The van der Waals surface area contributed by atoms with Crippen LogP contribution in [0.5, 0.6) is 5.75 Å². The van der Waals surface area contributed by atoms with E-state index in [0.29, 0.717) is 39.2 Å². The molecule has 3 aromatic carbocycles. The summed E-state index contributed by atoms with van der Waals surface area (Å²) in [6, 6.07) is 20.7. The number of aliphatic imine (C=N–C) groups is 1. The number of carbonyl (C=O) groups is 2. The maximum Gasteiger partial charge on any atom is 0.355 e. The zero-order valence-corrected chi connectivity index (χ0v) is 29.3. The summed E-state index contributed by atoms with van der Waals surface area (Å²) in [5, 5.41) is 0.577. The highest BCUT2D eigenvalue weighted by Gasteiger charge is 2.50. The molecule has 0 saturated carbocycles. The lowest BCUT2D eigenvalue weighted by molar-refractivity contribution is -0.188. The summed E-state index contributed by atoms with van der Waals surface area (Å²) in [5.41, 5.74) is 1.56. The van der Waals surface area contributed by atoms with Gasteiger partial charge in [0.25, 0.3) is 15.6 Å². The number of hydrogen-bond donors (Lipinski definition) is 1. The summed E-state index contributed by atoms with van der Waals surface area (Å²) in [6.07, 6.45) is -0.0734. The second-order valence-corrected chi connectivity index (χ2v) is 14.3. The number of sulfonamides is 1. The molecule has 0 bridgehead atoms. The molecular formula is C38H33FN4O8S. The van der Waals surface area contributed by atoms with E-state index < -0.39 is 45.5 Å². The molecule has 1 atom stereocenters. The third-order valence-electron chi connectivity index (χ3n) is 9.24. The van der Waals surface area contributed by atoms with Gasteiger partial charge in [0, 0.05) is 22.9 Å². The quantitative estimate of drug-likeness (QED) is 0.127. The van der Waals surface area contributed by atoms with Gasteiger partial charge >= 0.3 is 11.9 Å². The van der Waals surface area contributed by atoms with Crippen LogP contribution in [0.2, 0.25) is 0 Å². The average Bonchev–Trinajstić information content (AvgIpc) is 3.49. The smallest absolute Gasteiger partial charge is 0.355 e. The number of aryl methyl sites for hydroxylation is 1. The van der Waals surface area contributed by atoms with Gasteiger partial charge in [-0.25, -0.2) is 27.4 Å². The Kier molecular flexibility index (Phi) is 8.87. The zero-order chi connectivity index (χ0) is 36.8. The van der Waals surface area contributed by atoms with Gasteiger partial charge in [0.15, 0.2) is 0 Å². The third kappa shape index (κ3) is 6.30. The van der Waals surface area contributed by atoms with Gasteiger partial charge in [-0.2, -0.15) is 0 Å². The summed E-state index contributed by atoms with van der Waals surface area (Å²) in [6.45, 7) is 2.64. The summed E-state index contributed by atoms with van der Waals surface area (Å²) in [7, 11) is -2.57. The molecule has 2 aliphatic heterocycles. The monoisotopic (exact) mass is 724 g/mol. The molecular weight excluding hydrogens is 692 g/mol. The first-order chi connectivity index (χ1) is 24.9. The van der Waals surface area contributed by atoms with Crippen LogP contribution in [-0.2, 0) is 54.3 Å². The molecule has 0 fully saturated rings. The normalized spacial score (nSPS) is 16.5. The van der Waals surface area contributed by atoms with Crippen LogP contribution in [0, 0.1) is 12.7 Å². The number of carbonyl (C=O) groups excluding carboxylic acids is 2. The maximum atomic E-state index is 14.0. The van der Waals surface area contributed by atoms with Crippen molar-refractivity contribution >= 4 is 38.7 Å². The predicted molar refractivity (Wildman–Crippen MR) is 189 cm³/mol. The van der Waals surface area contributed by atoms with Crippen molar-refractivity contribution in [1.82, 2.24) is 14.3 Å². The number of methoxy groups -OCH3 is 1. The largest absolute Gasteiger partial charge is 0.497 e. The first kappa shape index (κ1) is 34.6. The van der Waals surface area contributed by atoms with Crippen LogP contribution in [0.4, 0.5) is 4.39 Å². The highest BCUT2D eigenvalue weighted by atomic mass is 32.2. The highest BCUT2D eigenvalue weighted by Crippen LogP contribution is 2.41. The average molecular weight is 725 g/mol. The van der Waals surface area contributed by atoms with Gasteiger partial charge in [-0.3, -0.25) is 14.5 Å². The van der Waals surface area contributed by atoms with Crippen LogP contribution in [-0.4, -0.2) is 49.4 Å². The molecule has 0 radical (unpaired) electrons. The second kappa shape index (κ2) is 13.3. The molecule has 266 valence electrons. The lowest BCUT2D eigenvalue weighted by atomic mass is 9.85. The van der Waals surface area contributed by atoms with Crippen LogP contribution < -0.4 is 15.0 Å². The van der Waals surface area contributed by atoms with Crippen molar-refractivity contribution in [1.29, 1.82) is 0 Å². The Morgan fingerprint density at radius 2 is 1.81 bits per heavy atom. The fraction of sp³-hybridized carbons (Fsp3) is 0.237. The second-order valence-electron chi connectivity index (χ2n) is 12.6. The zero-order valence-electron chi connectivity index (χ0n) is 28.4. The standard InChI is InChI=1S/C38H33FN4O8S/c1-4-38(30-18-32-35-25(16-24-17-26(39)9-14-31(24)41-35)20-43(32)36(45)29(30)21-50-37(38)46)51-34(44)19-40-33(15-23-7-10-27(49-3)11-8-23)42-52(47,48)28-12-5-22(2)6-13-28/h5-14,16-18H,4,15,19-21H2,1-3H3,(H,40,42)/t38-/m0/s1. The minimum Gasteiger partial charge on any atom is -0.497 e. The molecule has 0 saturated heterocycles. The van der Waals surface area contributed by atoms with E-state index >= 15 is 0 Å². The molecule has 52 heavy (non-hydrogen) atoms. The van der Waals surface area contributed by atoms with E-state index in [1.54, 1.807) is 61.5 Å². The molecule has 14 heteroatoms. The van der Waals surface area contributed by atoms with Crippen molar-refractivity contribution in [3.63, 3.8) is 0 Å². The van der Waals surface area contributed by atoms with E-state index in [0.717, 1.165) is 5.56 Å². The Hall–Kier alpha value is -5.89. The van der Waals surface area contributed by atoms with Gasteiger partial charge < -0.3 is 18.8 Å². The summed E-state index contributed by atoms with van der Waals surface area (Å²) < 4.78 is 61.2. The van der Waals surface area contributed by atoms with E-state index in [9.17, 15) is 27.2 Å². The van der Waals surface area contributed by atoms with E-state index in [2.05, 4.69) is 9.71 Å². The Balaban J connectivity index is 1.21. The van der Waals surface area contributed by atoms with Crippen LogP contribution in [0.1, 0.15) is 41.2 Å². The molecule has 5 aromatic rings. The summed E-state index contributed by atoms with van der Waals surface area (Å²) in [5.74, 6) is -1.68. The molecule has 0 spiro atoms. The molecule has 12 nitrogen and oxygen atoms in total. The number of rotatable bonds is 9. The minimum absolute atomic E-state index is 0.00277. The number of benzene rings is 3.